The fraction of sp³-hybridized carbons (Fsp3) is 0.125. The van der Waals surface area contributed by atoms with Gasteiger partial charge in [0.15, 0.2) is 6.61 Å². The molecule has 0 aromatic heterocycles. The first-order chi connectivity index (χ1) is 15.1. The number of esters is 1. The Morgan fingerprint density at radius 1 is 0.677 bits per heavy atom. The smallest absolute Gasteiger partial charge is 0.319 e. The molecule has 3 amide bonds. The van der Waals surface area contributed by atoms with Gasteiger partial charge < -0.3 is 20.7 Å². The number of hydrogen-bond acceptors (Lipinski definition) is 4. The predicted molar refractivity (Wildman–Crippen MR) is 120 cm³/mol. The maximum absolute atomic E-state index is 12.0. The molecule has 0 saturated carbocycles. The summed E-state index contributed by atoms with van der Waals surface area (Å²) in [4.78, 5) is 35.5. The number of para-hydroxylation sites is 1. The fourth-order valence-electron chi connectivity index (χ4n) is 2.77. The first kappa shape index (κ1) is 21.6. The van der Waals surface area contributed by atoms with Gasteiger partial charge in [-0.3, -0.25) is 9.59 Å². The number of amides is 3. The molecule has 0 radical (unpaired) electrons. The van der Waals surface area contributed by atoms with Crippen molar-refractivity contribution >= 4 is 29.3 Å². The minimum absolute atomic E-state index is 0.0404. The van der Waals surface area contributed by atoms with Crippen LogP contribution in [0.1, 0.15) is 6.42 Å². The molecule has 0 fully saturated rings. The van der Waals surface area contributed by atoms with Gasteiger partial charge in [0.1, 0.15) is 0 Å². The second-order valence-electron chi connectivity index (χ2n) is 6.65. The van der Waals surface area contributed by atoms with Gasteiger partial charge in [0.2, 0.25) is 0 Å². The molecule has 0 saturated heterocycles. The molecular formula is C24H23N3O4. The van der Waals surface area contributed by atoms with E-state index in [0.717, 1.165) is 11.1 Å². The normalized spacial score (nSPS) is 10.1. The topological polar surface area (TPSA) is 96.5 Å². The zero-order chi connectivity index (χ0) is 21.9. The second kappa shape index (κ2) is 11.2. The Labute approximate surface area is 180 Å². The van der Waals surface area contributed by atoms with Crippen LogP contribution in [0.5, 0.6) is 0 Å². The molecule has 7 nitrogen and oxygen atoms in total. The highest BCUT2D eigenvalue weighted by molar-refractivity contribution is 5.93. The molecule has 0 aliphatic carbocycles. The molecule has 0 aliphatic rings. The van der Waals surface area contributed by atoms with Crippen molar-refractivity contribution in [3.8, 4) is 11.1 Å². The Kier molecular flexibility index (Phi) is 7.77. The Balaban J connectivity index is 1.33. The van der Waals surface area contributed by atoms with Gasteiger partial charge in [-0.15, -0.1) is 0 Å². The number of carbonyl (C=O) groups is 3. The molecule has 0 atom stereocenters. The van der Waals surface area contributed by atoms with Crippen LogP contribution in [0.4, 0.5) is 16.2 Å². The largest absolute Gasteiger partial charge is 0.456 e. The third-order valence-electron chi connectivity index (χ3n) is 4.29. The number of rotatable bonds is 8. The second-order valence-corrected chi connectivity index (χ2v) is 6.65. The molecule has 3 aromatic carbocycles. The van der Waals surface area contributed by atoms with Crippen LogP contribution >= 0.6 is 0 Å². The summed E-state index contributed by atoms with van der Waals surface area (Å²) in [5, 5.41) is 7.88. The van der Waals surface area contributed by atoms with E-state index in [2.05, 4.69) is 16.0 Å². The van der Waals surface area contributed by atoms with E-state index in [4.69, 9.17) is 4.74 Å². The molecule has 3 aromatic rings. The van der Waals surface area contributed by atoms with Gasteiger partial charge in [0.25, 0.3) is 5.91 Å². The van der Waals surface area contributed by atoms with Gasteiger partial charge in [0, 0.05) is 17.9 Å². The fourth-order valence-corrected chi connectivity index (χ4v) is 2.77. The van der Waals surface area contributed by atoms with Crippen LogP contribution in [-0.4, -0.2) is 31.1 Å². The Hall–Kier alpha value is -4.13. The Bertz CT molecular complexity index is 1010. The lowest BCUT2D eigenvalue weighted by Crippen LogP contribution is -2.31. The van der Waals surface area contributed by atoms with Crippen LogP contribution in [0, 0.1) is 0 Å². The molecule has 3 N–H and O–H groups in total. The summed E-state index contributed by atoms with van der Waals surface area (Å²) < 4.78 is 4.95. The Morgan fingerprint density at radius 2 is 1.26 bits per heavy atom. The number of hydrogen-bond donors (Lipinski definition) is 3. The summed E-state index contributed by atoms with van der Waals surface area (Å²) in [5.74, 6) is -1.01. The molecule has 7 heteroatoms. The number of anilines is 2. The average Bonchev–Trinajstić information content (AvgIpc) is 2.79. The highest BCUT2D eigenvalue weighted by Gasteiger charge is 2.09. The molecular weight excluding hydrogens is 394 g/mol. The molecule has 0 spiro atoms. The van der Waals surface area contributed by atoms with Crippen molar-refractivity contribution in [2.45, 2.75) is 6.42 Å². The van der Waals surface area contributed by atoms with E-state index >= 15 is 0 Å². The van der Waals surface area contributed by atoms with E-state index in [1.54, 1.807) is 36.4 Å². The lowest BCUT2D eigenvalue weighted by Gasteiger charge is -2.09. The molecule has 0 unspecified atom stereocenters. The van der Waals surface area contributed by atoms with E-state index in [-0.39, 0.29) is 13.0 Å². The van der Waals surface area contributed by atoms with Crippen molar-refractivity contribution in [1.82, 2.24) is 5.32 Å². The number of benzene rings is 3. The van der Waals surface area contributed by atoms with Crippen molar-refractivity contribution in [1.29, 1.82) is 0 Å². The van der Waals surface area contributed by atoms with Crippen LogP contribution in [0.2, 0.25) is 0 Å². The standard InChI is InChI=1S/C24H23N3O4/c28-22(26-21-13-11-19(12-14-21)18-7-3-1-4-8-18)17-31-23(29)15-16-25-24(30)27-20-9-5-2-6-10-20/h1-14H,15-17H2,(H,26,28)(H2,25,27,30). The van der Waals surface area contributed by atoms with Crippen molar-refractivity contribution in [2.24, 2.45) is 0 Å². The lowest BCUT2D eigenvalue weighted by molar-refractivity contribution is -0.147. The maximum atomic E-state index is 12.0. The number of carbonyl (C=O) groups excluding carboxylic acids is 3. The van der Waals surface area contributed by atoms with Crippen molar-refractivity contribution in [3.05, 3.63) is 84.9 Å². The van der Waals surface area contributed by atoms with E-state index in [1.165, 1.54) is 0 Å². The molecule has 0 aliphatic heterocycles. The summed E-state index contributed by atoms with van der Waals surface area (Å²) in [6, 6.07) is 25.8. The summed E-state index contributed by atoms with van der Waals surface area (Å²) in [7, 11) is 0. The van der Waals surface area contributed by atoms with Gasteiger partial charge in [-0.05, 0) is 35.4 Å². The van der Waals surface area contributed by atoms with Crippen molar-refractivity contribution < 1.29 is 19.1 Å². The summed E-state index contributed by atoms with van der Waals surface area (Å²) in [5.41, 5.74) is 3.38. The van der Waals surface area contributed by atoms with E-state index in [9.17, 15) is 14.4 Å². The number of ether oxygens (including phenoxy) is 1. The highest BCUT2D eigenvalue weighted by Crippen LogP contribution is 2.20. The summed E-state index contributed by atoms with van der Waals surface area (Å²) in [6.07, 6.45) is -0.0404. The summed E-state index contributed by atoms with van der Waals surface area (Å²) >= 11 is 0. The molecule has 0 heterocycles. The predicted octanol–water partition coefficient (Wildman–Crippen LogP) is 4.05. The van der Waals surface area contributed by atoms with E-state index in [0.29, 0.717) is 11.4 Å². The van der Waals surface area contributed by atoms with Crippen LogP contribution in [0.3, 0.4) is 0 Å². The maximum Gasteiger partial charge on any atom is 0.319 e. The minimum Gasteiger partial charge on any atom is -0.456 e. The van der Waals surface area contributed by atoms with Crippen LogP contribution < -0.4 is 16.0 Å². The molecule has 31 heavy (non-hydrogen) atoms. The van der Waals surface area contributed by atoms with Gasteiger partial charge in [-0.25, -0.2) is 4.79 Å². The minimum atomic E-state index is -0.574. The molecule has 158 valence electrons. The Morgan fingerprint density at radius 3 is 1.94 bits per heavy atom. The summed E-state index contributed by atoms with van der Waals surface area (Å²) in [6.45, 7) is -0.296. The van der Waals surface area contributed by atoms with Gasteiger partial charge in [-0.1, -0.05) is 60.7 Å². The van der Waals surface area contributed by atoms with Crippen molar-refractivity contribution in [3.63, 3.8) is 0 Å². The number of urea groups is 1. The third-order valence-corrected chi connectivity index (χ3v) is 4.29. The van der Waals surface area contributed by atoms with Crippen LogP contribution in [0.15, 0.2) is 84.9 Å². The molecule has 0 bridgehead atoms. The van der Waals surface area contributed by atoms with Gasteiger partial charge >= 0.3 is 12.0 Å². The van der Waals surface area contributed by atoms with Gasteiger partial charge in [0.05, 0.1) is 6.42 Å². The van der Waals surface area contributed by atoms with Crippen LogP contribution in [0.25, 0.3) is 11.1 Å². The first-order valence-corrected chi connectivity index (χ1v) is 9.81. The van der Waals surface area contributed by atoms with E-state index in [1.807, 2.05) is 48.5 Å². The van der Waals surface area contributed by atoms with Crippen molar-refractivity contribution in [2.75, 3.05) is 23.8 Å². The number of nitrogens with one attached hydrogen (secondary N) is 3. The zero-order valence-electron chi connectivity index (χ0n) is 16.8. The monoisotopic (exact) mass is 417 g/mol. The molecule has 3 rings (SSSR count). The SMILES string of the molecule is O=C(COC(=O)CCNC(=O)Nc1ccccc1)Nc1ccc(-c2ccccc2)cc1. The van der Waals surface area contributed by atoms with E-state index < -0.39 is 24.5 Å². The first-order valence-electron chi connectivity index (χ1n) is 9.81. The van der Waals surface area contributed by atoms with Gasteiger partial charge in [-0.2, -0.15) is 0 Å². The average molecular weight is 417 g/mol. The lowest BCUT2D eigenvalue weighted by atomic mass is 10.1. The highest BCUT2D eigenvalue weighted by atomic mass is 16.5. The zero-order valence-corrected chi connectivity index (χ0v) is 16.8. The quantitative estimate of drug-likeness (QED) is 0.482. The third kappa shape index (κ3) is 7.32. The van der Waals surface area contributed by atoms with Crippen LogP contribution in [-0.2, 0) is 14.3 Å².